The molecule has 10 heteroatoms. The molecule has 2 aliphatic heterocycles. The van der Waals surface area contributed by atoms with E-state index in [0.29, 0.717) is 25.5 Å². The summed E-state index contributed by atoms with van der Waals surface area (Å²) < 4.78 is 43.3. The lowest BCUT2D eigenvalue weighted by molar-refractivity contribution is -0.124. The quantitative estimate of drug-likeness (QED) is 0.777. The molecule has 3 heterocycles. The predicted octanol–water partition coefficient (Wildman–Crippen LogP) is 0.366. The van der Waals surface area contributed by atoms with Crippen LogP contribution in [-0.4, -0.2) is 68.8 Å². The summed E-state index contributed by atoms with van der Waals surface area (Å²) >= 11 is 0. The van der Waals surface area contributed by atoms with Crippen molar-refractivity contribution >= 4 is 15.9 Å². The zero-order valence-corrected chi connectivity index (χ0v) is 15.9. The number of rotatable bonds is 5. The van der Waals surface area contributed by atoms with Crippen molar-refractivity contribution in [3.8, 4) is 0 Å². The summed E-state index contributed by atoms with van der Waals surface area (Å²) in [5, 5.41) is 6.71. The smallest absolute Gasteiger partial charge is 0.248 e. The van der Waals surface area contributed by atoms with E-state index in [2.05, 4.69) is 10.5 Å². The summed E-state index contributed by atoms with van der Waals surface area (Å²) in [6.07, 6.45) is 1.60. The average Bonchev–Trinajstić information content (AvgIpc) is 2.95. The van der Waals surface area contributed by atoms with Gasteiger partial charge in [0.2, 0.25) is 15.9 Å². The second-order valence-electron chi connectivity index (χ2n) is 6.66. The van der Waals surface area contributed by atoms with Crippen LogP contribution in [0.1, 0.15) is 30.7 Å². The molecule has 26 heavy (non-hydrogen) atoms. The average molecular weight is 387 g/mol. The monoisotopic (exact) mass is 387 g/mol. The van der Waals surface area contributed by atoms with Crippen molar-refractivity contribution in [3.63, 3.8) is 0 Å². The molecule has 0 bridgehead atoms. The molecular weight excluding hydrogens is 362 g/mol. The lowest BCUT2D eigenvalue weighted by atomic mass is 10.1. The number of nitrogens with zero attached hydrogens (tertiary/aromatic N) is 2. The van der Waals surface area contributed by atoms with E-state index in [4.69, 9.17) is 14.0 Å². The highest BCUT2D eigenvalue weighted by atomic mass is 32.2. The summed E-state index contributed by atoms with van der Waals surface area (Å²) in [7, 11) is -3.81. The second kappa shape index (κ2) is 8.03. The number of carbonyl (C=O) groups excluding carboxylic acids is 1. The standard InChI is InChI=1S/C16H25N3O6S/c1-11-16(12(2)25-18-11)26(21,22)19-5-8-24-10-14(19)9-15(20)17-13-3-6-23-7-4-13/h13-14H,3-10H2,1-2H3,(H,17,20). The van der Waals surface area contributed by atoms with Crippen LogP contribution in [0.5, 0.6) is 0 Å². The summed E-state index contributed by atoms with van der Waals surface area (Å²) in [5.74, 6) is 0.0748. The van der Waals surface area contributed by atoms with E-state index in [1.807, 2.05) is 0 Å². The highest BCUT2D eigenvalue weighted by Gasteiger charge is 2.38. The summed E-state index contributed by atoms with van der Waals surface area (Å²) in [5.41, 5.74) is 0.319. The Bertz CT molecular complexity index is 722. The van der Waals surface area contributed by atoms with E-state index >= 15 is 0 Å². The molecule has 0 saturated carbocycles. The van der Waals surface area contributed by atoms with Crippen LogP contribution in [0.25, 0.3) is 0 Å². The van der Waals surface area contributed by atoms with Gasteiger partial charge in [-0.05, 0) is 26.7 Å². The van der Waals surface area contributed by atoms with E-state index in [-0.39, 0.29) is 42.2 Å². The minimum absolute atomic E-state index is 0.0555. The Labute approximate surface area is 153 Å². The molecule has 1 aromatic heterocycles. The van der Waals surface area contributed by atoms with Crippen molar-refractivity contribution in [2.24, 2.45) is 0 Å². The Kier molecular flexibility index (Phi) is 5.96. The normalized spacial score (nSPS) is 23.1. The molecule has 9 nitrogen and oxygen atoms in total. The number of hydrogen-bond acceptors (Lipinski definition) is 7. The Morgan fingerprint density at radius 1 is 1.23 bits per heavy atom. The predicted molar refractivity (Wildman–Crippen MR) is 91.1 cm³/mol. The van der Waals surface area contributed by atoms with Crippen molar-refractivity contribution in [2.75, 3.05) is 33.0 Å². The largest absolute Gasteiger partial charge is 0.381 e. The first-order valence-electron chi connectivity index (χ1n) is 8.79. The molecule has 2 saturated heterocycles. The Morgan fingerprint density at radius 3 is 2.62 bits per heavy atom. The number of morpholine rings is 1. The third kappa shape index (κ3) is 4.08. The molecule has 1 atom stereocenters. The summed E-state index contributed by atoms with van der Waals surface area (Å²) in [6, 6.07) is -0.476. The SMILES string of the molecule is Cc1noc(C)c1S(=O)(=O)N1CCOCC1CC(=O)NC1CCOCC1. The zero-order valence-electron chi connectivity index (χ0n) is 15.1. The highest BCUT2D eigenvalue weighted by molar-refractivity contribution is 7.89. The first-order chi connectivity index (χ1) is 12.4. The van der Waals surface area contributed by atoms with Gasteiger partial charge in [0.05, 0.1) is 19.3 Å². The van der Waals surface area contributed by atoms with Gasteiger partial charge >= 0.3 is 0 Å². The van der Waals surface area contributed by atoms with E-state index in [1.165, 1.54) is 4.31 Å². The molecule has 2 aliphatic rings. The van der Waals surface area contributed by atoms with E-state index < -0.39 is 16.1 Å². The van der Waals surface area contributed by atoms with Crippen LogP contribution in [0, 0.1) is 13.8 Å². The molecule has 0 aliphatic carbocycles. The third-order valence-corrected chi connectivity index (χ3v) is 6.91. The van der Waals surface area contributed by atoms with Gasteiger partial charge in [-0.3, -0.25) is 4.79 Å². The summed E-state index contributed by atoms with van der Waals surface area (Å²) in [4.78, 5) is 12.5. The molecule has 1 unspecified atom stereocenters. The van der Waals surface area contributed by atoms with Gasteiger partial charge < -0.3 is 19.3 Å². The fourth-order valence-electron chi connectivity index (χ4n) is 3.42. The Balaban J connectivity index is 1.72. The Morgan fingerprint density at radius 2 is 1.96 bits per heavy atom. The van der Waals surface area contributed by atoms with Crippen molar-refractivity contribution in [1.82, 2.24) is 14.8 Å². The van der Waals surface area contributed by atoms with Gasteiger partial charge in [-0.25, -0.2) is 8.42 Å². The molecule has 146 valence electrons. The highest BCUT2D eigenvalue weighted by Crippen LogP contribution is 2.27. The van der Waals surface area contributed by atoms with E-state index in [9.17, 15) is 13.2 Å². The van der Waals surface area contributed by atoms with Crippen LogP contribution in [-0.2, 0) is 24.3 Å². The van der Waals surface area contributed by atoms with Gasteiger partial charge in [0.15, 0.2) is 5.76 Å². The van der Waals surface area contributed by atoms with Crippen LogP contribution < -0.4 is 5.32 Å². The van der Waals surface area contributed by atoms with Gasteiger partial charge in [-0.2, -0.15) is 4.31 Å². The van der Waals surface area contributed by atoms with Crippen molar-refractivity contribution in [2.45, 2.75) is 50.1 Å². The number of aryl methyl sites for hydroxylation is 2. The van der Waals surface area contributed by atoms with Crippen molar-refractivity contribution < 1.29 is 27.2 Å². The van der Waals surface area contributed by atoms with Crippen molar-refractivity contribution in [1.29, 1.82) is 0 Å². The maximum atomic E-state index is 13.1. The molecule has 2 fully saturated rings. The van der Waals surface area contributed by atoms with E-state index in [0.717, 1.165) is 12.8 Å². The van der Waals surface area contributed by atoms with Crippen LogP contribution in [0.3, 0.4) is 0 Å². The number of carbonyl (C=O) groups is 1. The van der Waals surface area contributed by atoms with Crippen LogP contribution >= 0.6 is 0 Å². The maximum Gasteiger partial charge on any atom is 0.248 e. The van der Waals surface area contributed by atoms with Crippen molar-refractivity contribution in [3.05, 3.63) is 11.5 Å². The summed E-state index contributed by atoms with van der Waals surface area (Å²) in [6.45, 7) is 5.09. The molecule has 0 aromatic carbocycles. The second-order valence-corrected chi connectivity index (χ2v) is 8.48. The first kappa shape index (κ1) is 19.3. The topological polar surface area (TPSA) is 111 Å². The lowest BCUT2D eigenvalue weighted by Crippen LogP contribution is -2.51. The van der Waals surface area contributed by atoms with Gasteiger partial charge in [0, 0.05) is 32.2 Å². The lowest BCUT2D eigenvalue weighted by Gasteiger charge is -2.34. The van der Waals surface area contributed by atoms with Crippen LogP contribution in [0.15, 0.2) is 9.42 Å². The fourth-order valence-corrected chi connectivity index (χ4v) is 5.31. The van der Waals surface area contributed by atoms with E-state index in [1.54, 1.807) is 13.8 Å². The molecule has 0 spiro atoms. The number of hydrogen-bond donors (Lipinski definition) is 1. The minimum atomic E-state index is -3.81. The molecule has 1 amide bonds. The van der Waals surface area contributed by atoms with Gasteiger partial charge in [0.25, 0.3) is 0 Å². The minimum Gasteiger partial charge on any atom is -0.381 e. The number of amides is 1. The molecular formula is C16H25N3O6S. The molecule has 0 radical (unpaired) electrons. The number of sulfonamides is 1. The zero-order chi connectivity index (χ0) is 18.7. The molecule has 1 N–H and O–H groups in total. The first-order valence-corrected chi connectivity index (χ1v) is 10.2. The Hall–Kier alpha value is -1.49. The number of nitrogens with one attached hydrogen (secondary N) is 1. The number of ether oxygens (including phenoxy) is 2. The van der Waals surface area contributed by atoms with Gasteiger partial charge in [-0.1, -0.05) is 5.16 Å². The van der Waals surface area contributed by atoms with Crippen LogP contribution in [0.4, 0.5) is 0 Å². The van der Waals surface area contributed by atoms with Gasteiger partial charge in [0.1, 0.15) is 10.6 Å². The van der Waals surface area contributed by atoms with Gasteiger partial charge in [-0.15, -0.1) is 0 Å². The maximum absolute atomic E-state index is 13.1. The third-order valence-electron chi connectivity index (χ3n) is 4.72. The number of aromatic nitrogens is 1. The fraction of sp³-hybridized carbons (Fsp3) is 0.750. The van der Waals surface area contributed by atoms with Crippen LogP contribution in [0.2, 0.25) is 0 Å². The molecule has 3 rings (SSSR count). The molecule has 1 aromatic rings.